The van der Waals surface area contributed by atoms with Crippen LogP contribution in [0.5, 0.6) is 5.75 Å². The van der Waals surface area contributed by atoms with Crippen LogP contribution in [0.4, 0.5) is 5.13 Å². The molecular formula is C28H21ClN2O4S. The molecule has 1 atom stereocenters. The third kappa shape index (κ3) is 4.51. The molecule has 36 heavy (non-hydrogen) atoms. The fourth-order valence-electron chi connectivity index (χ4n) is 4.12. The van der Waals surface area contributed by atoms with Crippen molar-refractivity contribution in [3.05, 3.63) is 117 Å². The summed E-state index contributed by atoms with van der Waals surface area (Å²) in [5, 5.41) is 13.9. The summed E-state index contributed by atoms with van der Waals surface area (Å²) in [6, 6.07) is 20.7. The van der Waals surface area contributed by atoms with Gasteiger partial charge in [-0.05, 0) is 60.0 Å². The molecule has 5 rings (SSSR count). The maximum absolute atomic E-state index is 13.2. The predicted molar refractivity (Wildman–Crippen MR) is 140 cm³/mol. The molecule has 0 aliphatic carbocycles. The smallest absolute Gasteiger partial charge is 0.301 e. The molecule has 6 nitrogen and oxygen atoms in total. The number of thiazole rings is 1. The maximum atomic E-state index is 13.2. The number of carbonyl (C=O) groups is 2. The van der Waals surface area contributed by atoms with E-state index in [-0.39, 0.29) is 11.3 Å². The normalized spacial score (nSPS) is 16.9. The van der Waals surface area contributed by atoms with Crippen LogP contribution in [0.1, 0.15) is 28.3 Å². The number of ketones is 1. The van der Waals surface area contributed by atoms with E-state index in [4.69, 9.17) is 16.3 Å². The highest BCUT2D eigenvalue weighted by Gasteiger charge is 2.47. The van der Waals surface area contributed by atoms with E-state index in [0.29, 0.717) is 33.6 Å². The Labute approximate surface area is 217 Å². The Morgan fingerprint density at radius 2 is 1.78 bits per heavy atom. The van der Waals surface area contributed by atoms with E-state index in [0.717, 1.165) is 11.1 Å². The van der Waals surface area contributed by atoms with Crippen molar-refractivity contribution in [1.29, 1.82) is 0 Å². The second-order valence-corrected chi connectivity index (χ2v) is 9.58. The highest BCUT2D eigenvalue weighted by molar-refractivity contribution is 7.14. The number of hydrogen-bond acceptors (Lipinski definition) is 6. The zero-order valence-corrected chi connectivity index (χ0v) is 20.8. The lowest BCUT2D eigenvalue weighted by Crippen LogP contribution is -2.29. The summed E-state index contributed by atoms with van der Waals surface area (Å²) in [6.45, 7) is 2.44. The standard InChI is InChI=1S/C28H21ClN2O4S/c1-17-4-2-3-5-20(17)16-35-22-12-8-19(9-13-22)25(32)23-24(18-6-10-21(29)11-7-18)31(27(34)26(23)33)28-30-14-15-36-28/h2-15,24,32H,16H2,1H3/b25-23+. The zero-order valence-electron chi connectivity index (χ0n) is 19.2. The number of anilines is 1. The van der Waals surface area contributed by atoms with Gasteiger partial charge in [-0.2, -0.15) is 0 Å². The van der Waals surface area contributed by atoms with Crippen molar-refractivity contribution < 1.29 is 19.4 Å². The number of Topliss-reactive ketones (excluding diaryl/α,β-unsaturated/α-hetero) is 1. The largest absolute Gasteiger partial charge is 0.507 e. The van der Waals surface area contributed by atoms with Gasteiger partial charge in [-0.25, -0.2) is 4.98 Å². The number of halogens is 1. The topological polar surface area (TPSA) is 79.7 Å². The first-order valence-electron chi connectivity index (χ1n) is 11.2. The van der Waals surface area contributed by atoms with Crippen LogP contribution in [0.2, 0.25) is 5.02 Å². The predicted octanol–water partition coefficient (Wildman–Crippen LogP) is 6.31. The number of carbonyl (C=O) groups excluding carboxylic acids is 2. The Kier molecular flexibility index (Phi) is 6.59. The van der Waals surface area contributed by atoms with Crippen molar-refractivity contribution in [3.8, 4) is 5.75 Å². The molecule has 4 aromatic rings. The Bertz CT molecular complexity index is 1450. The fraction of sp³-hybridized carbons (Fsp3) is 0.107. The molecule has 0 saturated carbocycles. The molecule has 1 amide bonds. The van der Waals surface area contributed by atoms with Gasteiger partial charge < -0.3 is 9.84 Å². The molecule has 1 aliphatic heterocycles. The van der Waals surface area contributed by atoms with Crippen LogP contribution < -0.4 is 9.64 Å². The molecule has 1 aromatic heterocycles. The number of nitrogens with zero attached hydrogens (tertiary/aromatic N) is 2. The number of ether oxygens (including phenoxy) is 1. The number of aliphatic hydroxyl groups is 1. The van der Waals surface area contributed by atoms with Crippen molar-refractivity contribution in [3.63, 3.8) is 0 Å². The zero-order chi connectivity index (χ0) is 25.2. The fourth-order valence-corrected chi connectivity index (χ4v) is 4.92. The Morgan fingerprint density at radius 3 is 2.44 bits per heavy atom. The SMILES string of the molecule is Cc1ccccc1COc1ccc(/C(O)=C2\C(=O)C(=O)N(c3nccs3)C2c2ccc(Cl)cc2)cc1. The minimum atomic E-state index is -0.842. The molecule has 3 aromatic carbocycles. The molecule has 180 valence electrons. The minimum Gasteiger partial charge on any atom is -0.507 e. The Hall–Kier alpha value is -3.94. The molecule has 1 fully saturated rings. The maximum Gasteiger partial charge on any atom is 0.301 e. The summed E-state index contributed by atoms with van der Waals surface area (Å²) in [4.78, 5) is 31.8. The van der Waals surface area contributed by atoms with Crippen LogP contribution in [-0.4, -0.2) is 21.8 Å². The lowest BCUT2D eigenvalue weighted by Gasteiger charge is -2.23. The molecule has 0 bridgehead atoms. The van der Waals surface area contributed by atoms with E-state index in [9.17, 15) is 14.7 Å². The Morgan fingerprint density at radius 1 is 1.06 bits per heavy atom. The average molecular weight is 517 g/mol. The second-order valence-electron chi connectivity index (χ2n) is 8.27. The molecule has 0 spiro atoms. The first kappa shape index (κ1) is 23.8. The first-order chi connectivity index (χ1) is 17.4. The van der Waals surface area contributed by atoms with Gasteiger partial charge in [0.2, 0.25) is 0 Å². The third-order valence-corrected chi connectivity index (χ3v) is 7.06. The number of aliphatic hydroxyl groups excluding tert-OH is 1. The average Bonchev–Trinajstić information content (AvgIpc) is 3.51. The molecule has 0 radical (unpaired) electrons. The van der Waals surface area contributed by atoms with Gasteiger partial charge in [0.1, 0.15) is 18.1 Å². The van der Waals surface area contributed by atoms with Gasteiger partial charge >= 0.3 is 5.91 Å². The number of benzene rings is 3. The number of hydrogen-bond donors (Lipinski definition) is 1. The van der Waals surface area contributed by atoms with Crippen molar-refractivity contribution in [2.24, 2.45) is 0 Å². The van der Waals surface area contributed by atoms with E-state index in [1.807, 2.05) is 31.2 Å². The number of rotatable bonds is 6. The Balaban J connectivity index is 1.49. The van der Waals surface area contributed by atoms with Gasteiger partial charge in [0.25, 0.3) is 5.78 Å². The van der Waals surface area contributed by atoms with Crippen molar-refractivity contribution in [2.45, 2.75) is 19.6 Å². The molecule has 1 aliphatic rings. The van der Waals surface area contributed by atoms with E-state index >= 15 is 0 Å². The van der Waals surface area contributed by atoms with Gasteiger partial charge in [-0.1, -0.05) is 48.0 Å². The van der Waals surface area contributed by atoms with E-state index < -0.39 is 17.7 Å². The second kappa shape index (κ2) is 9.97. The molecule has 2 heterocycles. The monoisotopic (exact) mass is 516 g/mol. The highest BCUT2D eigenvalue weighted by Crippen LogP contribution is 2.43. The van der Waals surface area contributed by atoms with E-state index in [1.165, 1.54) is 16.2 Å². The van der Waals surface area contributed by atoms with Gasteiger partial charge in [-0.3, -0.25) is 14.5 Å². The van der Waals surface area contributed by atoms with E-state index in [2.05, 4.69) is 4.98 Å². The van der Waals surface area contributed by atoms with Crippen LogP contribution in [0.25, 0.3) is 5.76 Å². The highest BCUT2D eigenvalue weighted by atomic mass is 35.5. The quantitative estimate of drug-likeness (QED) is 0.184. The van der Waals surface area contributed by atoms with Gasteiger partial charge in [0.15, 0.2) is 5.13 Å². The number of amides is 1. The molecule has 1 saturated heterocycles. The van der Waals surface area contributed by atoms with Crippen LogP contribution >= 0.6 is 22.9 Å². The van der Waals surface area contributed by atoms with Gasteiger partial charge in [0.05, 0.1) is 11.6 Å². The third-order valence-electron chi connectivity index (χ3n) is 6.04. The lowest BCUT2D eigenvalue weighted by molar-refractivity contribution is -0.132. The van der Waals surface area contributed by atoms with E-state index in [1.54, 1.807) is 60.1 Å². The van der Waals surface area contributed by atoms with Crippen LogP contribution in [0.15, 0.2) is 89.9 Å². The van der Waals surface area contributed by atoms with Gasteiger partial charge in [-0.15, -0.1) is 11.3 Å². The molecule has 1 unspecified atom stereocenters. The summed E-state index contributed by atoms with van der Waals surface area (Å²) in [5.74, 6) is -1.17. The van der Waals surface area contributed by atoms with Crippen LogP contribution in [0, 0.1) is 6.92 Å². The first-order valence-corrected chi connectivity index (χ1v) is 12.4. The summed E-state index contributed by atoms with van der Waals surface area (Å²) < 4.78 is 5.89. The summed E-state index contributed by atoms with van der Waals surface area (Å²) in [6.07, 6.45) is 1.56. The summed E-state index contributed by atoms with van der Waals surface area (Å²) in [5.41, 5.74) is 3.24. The summed E-state index contributed by atoms with van der Waals surface area (Å²) >= 11 is 7.30. The molecule has 8 heteroatoms. The number of aryl methyl sites for hydroxylation is 1. The van der Waals surface area contributed by atoms with Crippen molar-refractivity contribution in [1.82, 2.24) is 4.98 Å². The van der Waals surface area contributed by atoms with Crippen molar-refractivity contribution in [2.75, 3.05) is 4.90 Å². The summed E-state index contributed by atoms with van der Waals surface area (Å²) in [7, 11) is 0. The lowest BCUT2D eigenvalue weighted by atomic mass is 9.95. The number of aromatic nitrogens is 1. The van der Waals surface area contributed by atoms with Crippen molar-refractivity contribution >= 4 is 45.5 Å². The minimum absolute atomic E-state index is 0.00824. The molecular weight excluding hydrogens is 496 g/mol. The van der Waals surface area contributed by atoms with Crippen LogP contribution in [0.3, 0.4) is 0 Å². The van der Waals surface area contributed by atoms with Gasteiger partial charge in [0, 0.05) is 22.2 Å². The van der Waals surface area contributed by atoms with Crippen LogP contribution in [-0.2, 0) is 16.2 Å². The molecule has 1 N–H and O–H groups in total.